The first kappa shape index (κ1) is 14.7. The Morgan fingerprint density at radius 1 is 1.55 bits per heavy atom. The third-order valence-corrected chi connectivity index (χ3v) is 3.61. The van der Waals surface area contributed by atoms with E-state index in [4.69, 9.17) is 0 Å². The molecule has 0 aliphatic carbocycles. The van der Waals surface area contributed by atoms with Gasteiger partial charge in [-0.15, -0.1) is 0 Å². The number of aromatic nitrogens is 2. The molecule has 6 nitrogen and oxygen atoms in total. The molecule has 0 radical (unpaired) electrons. The molecular weight excluding hydrogens is 256 g/mol. The monoisotopic (exact) mass is 278 g/mol. The zero-order valence-corrected chi connectivity index (χ0v) is 12.3. The van der Waals surface area contributed by atoms with Crippen LogP contribution in [0.5, 0.6) is 0 Å². The van der Waals surface area contributed by atoms with E-state index in [1.54, 1.807) is 0 Å². The van der Waals surface area contributed by atoms with Gasteiger partial charge in [-0.3, -0.25) is 0 Å². The Kier molecular flexibility index (Phi) is 4.89. The standard InChI is InChI=1S/C14H22N4O2/c1-4-18-6-5-11(9-18)8-15-12-7-10(2)16-13(17-12)14(19)20-3/h7,11H,4-6,8-9H2,1-3H3,(H,15,16,17). The average molecular weight is 278 g/mol. The van der Waals surface area contributed by atoms with Crippen molar-refractivity contribution in [3.05, 3.63) is 17.6 Å². The number of ether oxygens (including phenoxy) is 1. The number of methoxy groups -OCH3 is 1. The van der Waals surface area contributed by atoms with Gasteiger partial charge in [-0.1, -0.05) is 6.92 Å². The van der Waals surface area contributed by atoms with E-state index in [0.29, 0.717) is 11.7 Å². The van der Waals surface area contributed by atoms with Gasteiger partial charge in [-0.2, -0.15) is 0 Å². The summed E-state index contributed by atoms with van der Waals surface area (Å²) in [6.07, 6.45) is 1.20. The number of nitrogens with zero attached hydrogens (tertiary/aromatic N) is 3. The van der Waals surface area contributed by atoms with Crippen LogP contribution < -0.4 is 5.32 Å². The first-order valence-corrected chi connectivity index (χ1v) is 7.02. The second kappa shape index (κ2) is 6.65. The number of hydrogen-bond donors (Lipinski definition) is 1. The van der Waals surface area contributed by atoms with Gasteiger partial charge in [-0.05, 0) is 32.4 Å². The van der Waals surface area contributed by atoms with Gasteiger partial charge >= 0.3 is 5.97 Å². The van der Waals surface area contributed by atoms with Gasteiger partial charge in [0, 0.05) is 24.8 Å². The van der Waals surface area contributed by atoms with E-state index >= 15 is 0 Å². The molecule has 1 aliphatic heterocycles. The van der Waals surface area contributed by atoms with Crippen molar-refractivity contribution in [3.8, 4) is 0 Å². The molecule has 0 amide bonds. The molecule has 2 rings (SSSR count). The lowest BCUT2D eigenvalue weighted by atomic mass is 10.1. The summed E-state index contributed by atoms with van der Waals surface area (Å²) in [6, 6.07) is 1.85. The maximum atomic E-state index is 11.5. The van der Waals surface area contributed by atoms with Crippen LogP contribution in [-0.2, 0) is 4.74 Å². The van der Waals surface area contributed by atoms with Crippen molar-refractivity contribution in [2.45, 2.75) is 20.3 Å². The SMILES string of the molecule is CCN1CCC(CNc2cc(C)nc(C(=O)OC)n2)C1. The van der Waals surface area contributed by atoms with Crippen molar-refractivity contribution in [1.82, 2.24) is 14.9 Å². The van der Waals surface area contributed by atoms with E-state index in [2.05, 4.69) is 31.8 Å². The molecule has 0 saturated carbocycles. The van der Waals surface area contributed by atoms with Crippen LogP contribution in [-0.4, -0.2) is 54.1 Å². The zero-order valence-electron chi connectivity index (χ0n) is 12.3. The van der Waals surface area contributed by atoms with Gasteiger partial charge in [0.05, 0.1) is 7.11 Å². The quantitative estimate of drug-likeness (QED) is 0.820. The molecule has 1 aromatic heterocycles. The number of anilines is 1. The third kappa shape index (κ3) is 3.66. The van der Waals surface area contributed by atoms with Gasteiger partial charge in [0.25, 0.3) is 0 Å². The van der Waals surface area contributed by atoms with Crippen LogP contribution in [0.15, 0.2) is 6.07 Å². The average Bonchev–Trinajstić information content (AvgIpc) is 2.91. The van der Waals surface area contributed by atoms with E-state index in [1.165, 1.54) is 20.1 Å². The molecule has 2 heterocycles. The first-order valence-electron chi connectivity index (χ1n) is 7.02. The Balaban J connectivity index is 1.96. The maximum Gasteiger partial charge on any atom is 0.376 e. The molecule has 0 bridgehead atoms. The van der Waals surface area contributed by atoms with E-state index in [0.717, 1.165) is 25.3 Å². The van der Waals surface area contributed by atoms with Crippen LogP contribution in [0.1, 0.15) is 29.7 Å². The molecule has 0 spiro atoms. The number of carbonyl (C=O) groups excluding carboxylic acids is 1. The number of aryl methyl sites for hydroxylation is 1. The molecule has 1 aromatic rings. The molecule has 0 aromatic carbocycles. The predicted octanol–water partition coefficient (Wildman–Crippen LogP) is 1.33. The first-order chi connectivity index (χ1) is 9.62. The van der Waals surface area contributed by atoms with Gasteiger partial charge in [0.2, 0.25) is 5.82 Å². The van der Waals surface area contributed by atoms with Crippen LogP contribution in [0.2, 0.25) is 0 Å². The highest BCUT2D eigenvalue weighted by Crippen LogP contribution is 2.16. The molecule has 1 saturated heterocycles. The molecule has 1 aliphatic rings. The van der Waals surface area contributed by atoms with Crippen LogP contribution in [0.3, 0.4) is 0 Å². The van der Waals surface area contributed by atoms with Crippen LogP contribution in [0, 0.1) is 12.8 Å². The highest BCUT2D eigenvalue weighted by molar-refractivity contribution is 5.85. The third-order valence-electron chi connectivity index (χ3n) is 3.61. The van der Waals surface area contributed by atoms with Crippen molar-refractivity contribution in [2.24, 2.45) is 5.92 Å². The topological polar surface area (TPSA) is 67.4 Å². The normalized spacial score (nSPS) is 19.1. The van der Waals surface area contributed by atoms with Gasteiger partial charge in [0.15, 0.2) is 0 Å². The molecule has 20 heavy (non-hydrogen) atoms. The molecular formula is C14H22N4O2. The largest absolute Gasteiger partial charge is 0.463 e. The number of rotatable bonds is 5. The summed E-state index contributed by atoms with van der Waals surface area (Å²) in [5.41, 5.74) is 0.754. The minimum absolute atomic E-state index is 0.108. The molecule has 1 atom stereocenters. The van der Waals surface area contributed by atoms with Crippen molar-refractivity contribution in [3.63, 3.8) is 0 Å². The second-order valence-electron chi connectivity index (χ2n) is 5.14. The van der Waals surface area contributed by atoms with E-state index < -0.39 is 5.97 Å². The minimum Gasteiger partial charge on any atom is -0.463 e. The number of nitrogens with one attached hydrogen (secondary N) is 1. The predicted molar refractivity (Wildman–Crippen MR) is 76.8 cm³/mol. The summed E-state index contributed by atoms with van der Waals surface area (Å²) in [4.78, 5) is 22.2. The van der Waals surface area contributed by atoms with E-state index in [9.17, 15) is 4.79 Å². The van der Waals surface area contributed by atoms with Gasteiger partial charge in [0.1, 0.15) is 5.82 Å². The van der Waals surface area contributed by atoms with E-state index in [1.807, 2.05) is 13.0 Å². The number of esters is 1. The second-order valence-corrected chi connectivity index (χ2v) is 5.14. The van der Waals surface area contributed by atoms with Crippen molar-refractivity contribution in [1.29, 1.82) is 0 Å². The summed E-state index contributed by atoms with van der Waals surface area (Å²) in [6.45, 7) is 8.29. The van der Waals surface area contributed by atoms with Crippen LogP contribution in [0.4, 0.5) is 5.82 Å². The summed E-state index contributed by atoms with van der Waals surface area (Å²) in [7, 11) is 1.33. The Morgan fingerprint density at radius 2 is 2.35 bits per heavy atom. The van der Waals surface area contributed by atoms with Crippen LogP contribution >= 0.6 is 0 Å². The number of hydrogen-bond acceptors (Lipinski definition) is 6. The number of carbonyl (C=O) groups is 1. The lowest BCUT2D eigenvalue weighted by Crippen LogP contribution is -2.23. The molecule has 1 fully saturated rings. The Bertz CT molecular complexity index is 478. The zero-order chi connectivity index (χ0) is 14.5. The lowest BCUT2D eigenvalue weighted by Gasteiger charge is -2.14. The smallest absolute Gasteiger partial charge is 0.376 e. The molecule has 110 valence electrons. The fourth-order valence-electron chi connectivity index (χ4n) is 2.46. The summed E-state index contributed by atoms with van der Waals surface area (Å²) in [5, 5.41) is 3.31. The Morgan fingerprint density at radius 3 is 3.00 bits per heavy atom. The summed E-state index contributed by atoms with van der Waals surface area (Å²) >= 11 is 0. The maximum absolute atomic E-state index is 11.5. The van der Waals surface area contributed by atoms with Crippen molar-refractivity contribution in [2.75, 3.05) is 38.6 Å². The molecule has 6 heteroatoms. The van der Waals surface area contributed by atoms with E-state index in [-0.39, 0.29) is 5.82 Å². The number of likely N-dealkylation sites (tertiary alicyclic amines) is 1. The Labute approximate surface area is 119 Å². The highest BCUT2D eigenvalue weighted by atomic mass is 16.5. The van der Waals surface area contributed by atoms with Crippen molar-refractivity contribution >= 4 is 11.8 Å². The minimum atomic E-state index is -0.505. The van der Waals surface area contributed by atoms with Gasteiger partial charge in [-0.25, -0.2) is 14.8 Å². The summed E-state index contributed by atoms with van der Waals surface area (Å²) < 4.78 is 4.65. The van der Waals surface area contributed by atoms with Gasteiger partial charge < -0.3 is 15.0 Å². The van der Waals surface area contributed by atoms with Crippen LogP contribution in [0.25, 0.3) is 0 Å². The lowest BCUT2D eigenvalue weighted by molar-refractivity contribution is 0.0586. The Hall–Kier alpha value is -1.69. The molecule has 1 unspecified atom stereocenters. The van der Waals surface area contributed by atoms with Crippen molar-refractivity contribution < 1.29 is 9.53 Å². The summed E-state index contributed by atoms with van der Waals surface area (Å²) in [5.74, 6) is 0.922. The molecule has 1 N–H and O–H groups in total. The highest BCUT2D eigenvalue weighted by Gasteiger charge is 2.21. The fraction of sp³-hybridized carbons (Fsp3) is 0.643. The fourth-order valence-corrected chi connectivity index (χ4v) is 2.46.